The van der Waals surface area contributed by atoms with E-state index in [0.29, 0.717) is 18.7 Å². The first-order chi connectivity index (χ1) is 16.3. The lowest BCUT2D eigenvalue weighted by Crippen LogP contribution is -2.46. The summed E-state index contributed by atoms with van der Waals surface area (Å²) < 4.78 is 32.7. The topological polar surface area (TPSA) is 122 Å². The zero-order valence-electron chi connectivity index (χ0n) is 18.7. The summed E-state index contributed by atoms with van der Waals surface area (Å²) in [6.45, 7) is -0.340. The van der Waals surface area contributed by atoms with Gasteiger partial charge in [-0.2, -0.15) is 0 Å². The van der Waals surface area contributed by atoms with E-state index >= 15 is 0 Å². The molecule has 0 unspecified atom stereocenters. The molecule has 1 aliphatic carbocycles. The third-order valence-corrected chi connectivity index (χ3v) is 7.84. The van der Waals surface area contributed by atoms with Crippen LogP contribution in [0.25, 0.3) is 0 Å². The Morgan fingerprint density at radius 2 is 1.76 bits per heavy atom. The molecule has 2 aromatic rings. The van der Waals surface area contributed by atoms with E-state index in [-0.39, 0.29) is 16.5 Å². The van der Waals surface area contributed by atoms with Crippen LogP contribution in [0.3, 0.4) is 0 Å². The number of nitrogens with one attached hydrogen (secondary N) is 2. The molecule has 180 valence electrons. The zero-order chi connectivity index (χ0) is 24.1. The zero-order valence-corrected chi connectivity index (χ0v) is 19.5. The van der Waals surface area contributed by atoms with Gasteiger partial charge in [-0.25, -0.2) is 18.0 Å². The van der Waals surface area contributed by atoms with E-state index in [9.17, 15) is 22.8 Å². The van der Waals surface area contributed by atoms with Gasteiger partial charge in [0.05, 0.1) is 16.1 Å². The molecule has 2 aliphatic rings. The van der Waals surface area contributed by atoms with Crippen LogP contribution in [0.15, 0.2) is 53.4 Å². The minimum atomic E-state index is -3.88. The van der Waals surface area contributed by atoms with Crippen LogP contribution < -0.4 is 14.9 Å². The first-order valence-electron chi connectivity index (χ1n) is 11.3. The van der Waals surface area contributed by atoms with Gasteiger partial charge >= 0.3 is 12.0 Å². The molecule has 10 heteroatoms. The van der Waals surface area contributed by atoms with E-state index in [1.807, 2.05) is 12.1 Å². The first kappa shape index (κ1) is 23.7. The lowest BCUT2D eigenvalue weighted by molar-refractivity contribution is -0.123. The summed E-state index contributed by atoms with van der Waals surface area (Å²) in [4.78, 5) is 36.3. The van der Waals surface area contributed by atoms with Gasteiger partial charge in [0.25, 0.3) is 15.9 Å². The Morgan fingerprint density at radius 1 is 1.00 bits per heavy atom. The standard InChI is InChI=1S/C24H27N3O6S/c28-22(26-24(30)25-19-9-2-1-3-10-19)16-33-23(29)18-8-6-11-20(15-18)34(31,32)27-14-13-17-7-4-5-12-21(17)27/h4-8,11-12,15,19H,1-3,9-10,13-14,16H2,(H2,25,26,28,30). The molecular weight excluding hydrogens is 458 g/mol. The summed E-state index contributed by atoms with van der Waals surface area (Å²) in [5.74, 6) is -1.62. The fourth-order valence-corrected chi connectivity index (χ4v) is 5.86. The number of hydrogen-bond acceptors (Lipinski definition) is 6. The Labute approximate surface area is 198 Å². The molecule has 0 saturated heterocycles. The van der Waals surface area contributed by atoms with Crippen molar-refractivity contribution < 1.29 is 27.5 Å². The predicted molar refractivity (Wildman–Crippen MR) is 125 cm³/mol. The maximum atomic E-state index is 13.2. The van der Waals surface area contributed by atoms with E-state index in [2.05, 4.69) is 10.6 Å². The Hall–Kier alpha value is -3.40. The Balaban J connectivity index is 1.35. The second-order valence-corrected chi connectivity index (χ2v) is 10.3. The first-order valence-corrected chi connectivity index (χ1v) is 12.8. The van der Waals surface area contributed by atoms with Crippen molar-refractivity contribution in [1.29, 1.82) is 0 Å². The summed E-state index contributed by atoms with van der Waals surface area (Å²) >= 11 is 0. The summed E-state index contributed by atoms with van der Waals surface area (Å²) in [7, 11) is -3.88. The molecule has 0 radical (unpaired) electrons. The van der Waals surface area contributed by atoms with Gasteiger partial charge < -0.3 is 10.1 Å². The summed E-state index contributed by atoms with van der Waals surface area (Å²) in [5, 5.41) is 4.89. The van der Waals surface area contributed by atoms with Crippen molar-refractivity contribution in [2.75, 3.05) is 17.5 Å². The Kier molecular flexibility index (Phi) is 7.16. The fraction of sp³-hybridized carbons (Fsp3) is 0.375. The van der Waals surface area contributed by atoms with Crippen LogP contribution in [0.5, 0.6) is 0 Å². The number of fused-ring (bicyclic) bond motifs is 1. The van der Waals surface area contributed by atoms with Crippen LogP contribution in [0.4, 0.5) is 10.5 Å². The third kappa shape index (κ3) is 5.39. The van der Waals surface area contributed by atoms with Crippen molar-refractivity contribution in [3.8, 4) is 0 Å². The number of nitrogens with zero attached hydrogens (tertiary/aromatic N) is 1. The Morgan fingerprint density at radius 3 is 2.56 bits per heavy atom. The molecule has 0 atom stereocenters. The predicted octanol–water partition coefficient (Wildman–Crippen LogP) is 2.75. The van der Waals surface area contributed by atoms with Gasteiger partial charge in [-0.1, -0.05) is 43.5 Å². The van der Waals surface area contributed by atoms with E-state index < -0.39 is 34.5 Å². The highest BCUT2D eigenvalue weighted by atomic mass is 32.2. The second-order valence-electron chi connectivity index (χ2n) is 8.42. The van der Waals surface area contributed by atoms with Crippen LogP contribution in [-0.2, 0) is 26.0 Å². The monoisotopic (exact) mass is 485 g/mol. The van der Waals surface area contributed by atoms with Gasteiger partial charge in [-0.15, -0.1) is 0 Å². The number of carbonyl (C=O) groups is 3. The number of amides is 3. The number of carbonyl (C=O) groups excluding carboxylic acids is 3. The Bertz CT molecular complexity index is 1190. The van der Waals surface area contributed by atoms with Crippen molar-refractivity contribution >= 4 is 33.6 Å². The lowest BCUT2D eigenvalue weighted by Gasteiger charge is -2.22. The smallest absolute Gasteiger partial charge is 0.338 e. The number of urea groups is 1. The lowest BCUT2D eigenvalue weighted by atomic mass is 9.96. The number of benzene rings is 2. The maximum absolute atomic E-state index is 13.2. The SMILES string of the molecule is O=C(COC(=O)c1cccc(S(=O)(=O)N2CCc3ccccc32)c1)NC(=O)NC1CCCCC1. The van der Waals surface area contributed by atoms with E-state index in [4.69, 9.17) is 4.74 Å². The van der Waals surface area contributed by atoms with Gasteiger partial charge in [-0.3, -0.25) is 14.4 Å². The highest BCUT2D eigenvalue weighted by Gasteiger charge is 2.31. The molecule has 1 aliphatic heterocycles. The van der Waals surface area contributed by atoms with Crippen molar-refractivity contribution in [2.24, 2.45) is 0 Å². The number of rotatable bonds is 6. The summed E-state index contributed by atoms with van der Waals surface area (Å²) in [5.41, 5.74) is 1.56. The molecule has 0 aromatic heterocycles. The molecule has 4 rings (SSSR count). The fourth-order valence-electron chi connectivity index (χ4n) is 4.31. The van der Waals surface area contributed by atoms with Gasteiger partial charge in [0.15, 0.2) is 6.61 Å². The molecule has 1 heterocycles. The van der Waals surface area contributed by atoms with Crippen molar-refractivity contribution in [3.63, 3.8) is 0 Å². The van der Waals surface area contributed by atoms with Crippen molar-refractivity contribution in [3.05, 3.63) is 59.7 Å². The molecule has 0 spiro atoms. The van der Waals surface area contributed by atoms with Crippen LogP contribution in [0.2, 0.25) is 0 Å². The second kappa shape index (κ2) is 10.3. The number of para-hydroxylation sites is 1. The minimum absolute atomic E-state index is 0.00647. The molecule has 34 heavy (non-hydrogen) atoms. The van der Waals surface area contributed by atoms with Crippen LogP contribution in [0.1, 0.15) is 48.0 Å². The number of esters is 1. The normalized spacial score (nSPS) is 15.9. The van der Waals surface area contributed by atoms with E-state index in [1.54, 1.807) is 12.1 Å². The highest BCUT2D eigenvalue weighted by Crippen LogP contribution is 2.32. The quantitative estimate of drug-likeness (QED) is 0.607. The highest BCUT2D eigenvalue weighted by molar-refractivity contribution is 7.92. The molecule has 3 amide bonds. The van der Waals surface area contributed by atoms with Gasteiger partial charge in [0.2, 0.25) is 0 Å². The third-order valence-electron chi connectivity index (χ3n) is 6.03. The van der Waals surface area contributed by atoms with Crippen LogP contribution in [-0.4, -0.2) is 45.5 Å². The van der Waals surface area contributed by atoms with Gasteiger partial charge in [-0.05, 0) is 49.1 Å². The average molecular weight is 486 g/mol. The van der Waals surface area contributed by atoms with Crippen LogP contribution >= 0.6 is 0 Å². The van der Waals surface area contributed by atoms with Crippen LogP contribution in [0, 0.1) is 0 Å². The average Bonchev–Trinajstić information content (AvgIpc) is 3.28. The summed E-state index contributed by atoms with van der Waals surface area (Å²) in [6, 6.07) is 12.2. The minimum Gasteiger partial charge on any atom is -0.452 e. The number of anilines is 1. The number of imide groups is 1. The molecule has 2 N–H and O–H groups in total. The number of sulfonamides is 1. The molecule has 0 bridgehead atoms. The number of hydrogen-bond donors (Lipinski definition) is 2. The van der Waals surface area contributed by atoms with Crippen molar-refractivity contribution in [2.45, 2.75) is 49.5 Å². The van der Waals surface area contributed by atoms with Crippen molar-refractivity contribution in [1.82, 2.24) is 10.6 Å². The van der Waals surface area contributed by atoms with E-state index in [1.165, 1.54) is 28.6 Å². The summed E-state index contributed by atoms with van der Waals surface area (Å²) in [6.07, 6.45) is 5.58. The molecule has 1 saturated carbocycles. The molecular formula is C24H27N3O6S. The molecule has 1 fully saturated rings. The largest absolute Gasteiger partial charge is 0.452 e. The van der Waals surface area contributed by atoms with E-state index in [0.717, 1.165) is 37.7 Å². The molecule has 9 nitrogen and oxygen atoms in total. The van der Waals surface area contributed by atoms with Gasteiger partial charge in [0, 0.05) is 12.6 Å². The maximum Gasteiger partial charge on any atom is 0.338 e. The number of ether oxygens (including phenoxy) is 1. The van der Waals surface area contributed by atoms with Gasteiger partial charge in [0.1, 0.15) is 0 Å². The molecule has 2 aromatic carbocycles.